The third-order valence-electron chi connectivity index (χ3n) is 3.17. The second kappa shape index (κ2) is 6.19. The van der Waals surface area contributed by atoms with Gasteiger partial charge in [0.2, 0.25) is 0 Å². The van der Waals surface area contributed by atoms with E-state index in [1.165, 1.54) is 0 Å². The second-order valence-electron chi connectivity index (χ2n) is 4.43. The highest BCUT2D eigenvalue weighted by Gasteiger charge is 2.43. The Bertz CT molecular complexity index is 444. The molecule has 1 aliphatic heterocycles. The number of para-hydroxylation sites is 2. The summed E-state index contributed by atoms with van der Waals surface area (Å²) in [6.07, 6.45) is 0.772. The molecule has 1 aromatic rings. The minimum Gasteiger partial charge on any atom is -0.495 e. The number of esters is 1. The van der Waals surface area contributed by atoms with Crippen LogP contribution in [0.5, 0.6) is 5.75 Å². The molecule has 1 N–H and O–H groups in total. The molecular formula is C14H19NO3S. The second-order valence-corrected chi connectivity index (χ2v) is 5.54. The fraction of sp³-hybridized carbons (Fsp3) is 0.500. The number of carbonyl (C=O) groups excluding carboxylic acids is 1. The number of anilines is 1. The lowest BCUT2D eigenvalue weighted by Gasteiger charge is -2.28. The van der Waals surface area contributed by atoms with Crippen molar-refractivity contribution in [2.24, 2.45) is 0 Å². The molecule has 1 atom stereocenters. The van der Waals surface area contributed by atoms with Gasteiger partial charge in [0.05, 0.1) is 19.4 Å². The molecule has 0 bridgehead atoms. The van der Waals surface area contributed by atoms with Crippen molar-refractivity contribution in [1.82, 2.24) is 0 Å². The van der Waals surface area contributed by atoms with Crippen LogP contribution in [0.25, 0.3) is 0 Å². The van der Waals surface area contributed by atoms with Crippen LogP contribution in [0.15, 0.2) is 24.3 Å². The average molecular weight is 281 g/mol. The molecule has 0 radical (unpaired) electrons. The van der Waals surface area contributed by atoms with Crippen molar-refractivity contribution in [3.63, 3.8) is 0 Å². The first-order valence-corrected chi connectivity index (χ1v) is 7.53. The van der Waals surface area contributed by atoms with Crippen LogP contribution in [0.1, 0.15) is 13.3 Å². The van der Waals surface area contributed by atoms with Crippen LogP contribution in [-0.4, -0.2) is 36.7 Å². The Labute approximate surface area is 117 Å². The molecule has 2 rings (SSSR count). The minimum absolute atomic E-state index is 0.175. The maximum Gasteiger partial charge on any atom is 0.332 e. The Hall–Kier alpha value is -1.36. The number of benzene rings is 1. The number of methoxy groups -OCH3 is 1. The van der Waals surface area contributed by atoms with Gasteiger partial charge in [-0.15, -0.1) is 0 Å². The molecule has 0 amide bonds. The zero-order chi connectivity index (χ0) is 13.7. The Morgan fingerprint density at radius 3 is 2.89 bits per heavy atom. The third-order valence-corrected chi connectivity index (χ3v) is 4.36. The van der Waals surface area contributed by atoms with Gasteiger partial charge >= 0.3 is 5.97 Å². The molecule has 19 heavy (non-hydrogen) atoms. The Balaban J connectivity index is 2.23. The van der Waals surface area contributed by atoms with Gasteiger partial charge in [0.25, 0.3) is 0 Å². The van der Waals surface area contributed by atoms with E-state index in [0.717, 1.165) is 29.4 Å². The SMILES string of the molecule is CCOC(=O)C1(Nc2ccccc2OC)CCSC1. The quantitative estimate of drug-likeness (QED) is 0.840. The van der Waals surface area contributed by atoms with Crippen LogP contribution < -0.4 is 10.1 Å². The molecular weight excluding hydrogens is 262 g/mol. The van der Waals surface area contributed by atoms with Gasteiger partial charge in [-0.05, 0) is 31.2 Å². The summed E-state index contributed by atoms with van der Waals surface area (Å²) < 4.78 is 10.5. The fourth-order valence-electron chi connectivity index (χ4n) is 2.15. The van der Waals surface area contributed by atoms with E-state index in [1.54, 1.807) is 18.9 Å². The predicted molar refractivity (Wildman–Crippen MR) is 77.9 cm³/mol. The molecule has 0 aromatic heterocycles. The van der Waals surface area contributed by atoms with Crippen LogP contribution in [-0.2, 0) is 9.53 Å². The maximum absolute atomic E-state index is 12.2. The summed E-state index contributed by atoms with van der Waals surface area (Å²) >= 11 is 1.76. The van der Waals surface area contributed by atoms with E-state index in [1.807, 2.05) is 31.2 Å². The van der Waals surface area contributed by atoms with E-state index in [4.69, 9.17) is 9.47 Å². The Kier molecular flexibility index (Phi) is 4.58. The molecule has 1 aromatic carbocycles. The number of hydrogen-bond acceptors (Lipinski definition) is 5. The summed E-state index contributed by atoms with van der Waals surface area (Å²) in [5.41, 5.74) is 0.204. The molecule has 0 aliphatic carbocycles. The summed E-state index contributed by atoms with van der Waals surface area (Å²) in [7, 11) is 1.63. The number of thioether (sulfide) groups is 1. The van der Waals surface area contributed by atoms with Gasteiger partial charge in [0.15, 0.2) is 0 Å². The van der Waals surface area contributed by atoms with Crippen molar-refractivity contribution in [1.29, 1.82) is 0 Å². The molecule has 0 saturated carbocycles. The number of nitrogens with one attached hydrogen (secondary N) is 1. The average Bonchev–Trinajstić information content (AvgIpc) is 2.89. The molecule has 4 nitrogen and oxygen atoms in total. The number of ether oxygens (including phenoxy) is 2. The van der Waals surface area contributed by atoms with Crippen molar-refractivity contribution in [3.05, 3.63) is 24.3 Å². The van der Waals surface area contributed by atoms with E-state index in [0.29, 0.717) is 6.61 Å². The highest BCUT2D eigenvalue weighted by atomic mass is 32.2. The summed E-state index contributed by atoms with van der Waals surface area (Å²) in [5.74, 6) is 2.25. The normalized spacial score (nSPS) is 22.0. The van der Waals surface area contributed by atoms with Gasteiger partial charge in [0.1, 0.15) is 11.3 Å². The molecule has 1 heterocycles. The van der Waals surface area contributed by atoms with Crippen molar-refractivity contribution in [3.8, 4) is 5.75 Å². The molecule has 1 fully saturated rings. The Morgan fingerprint density at radius 1 is 1.47 bits per heavy atom. The van der Waals surface area contributed by atoms with Crippen LogP contribution in [0.2, 0.25) is 0 Å². The first-order valence-electron chi connectivity index (χ1n) is 6.38. The number of rotatable bonds is 5. The van der Waals surface area contributed by atoms with Crippen molar-refractivity contribution >= 4 is 23.4 Å². The maximum atomic E-state index is 12.2. The van der Waals surface area contributed by atoms with Gasteiger partial charge < -0.3 is 14.8 Å². The highest BCUT2D eigenvalue weighted by Crippen LogP contribution is 2.35. The van der Waals surface area contributed by atoms with Crippen LogP contribution in [0, 0.1) is 0 Å². The third kappa shape index (κ3) is 2.97. The van der Waals surface area contributed by atoms with Crippen LogP contribution >= 0.6 is 11.8 Å². The Morgan fingerprint density at radius 2 is 2.26 bits per heavy atom. The first kappa shape index (κ1) is 14.1. The van der Waals surface area contributed by atoms with E-state index in [9.17, 15) is 4.79 Å². The number of hydrogen-bond donors (Lipinski definition) is 1. The van der Waals surface area contributed by atoms with Gasteiger partial charge in [-0.2, -0.15) is 11.8 Å². The lowest BCUT2D eigenvalue weighted by Crippen LogP contribution is -2.47. The zero-order valence-electron chi connectivity index (χ0n) is 11.3. The summed E-state index contributed by atoms with van der Waals surface area (Å²) in [6.45, 7) is 2.23. The summed E-state index contributed by atoms with van der Waals surface area (Å²) in [4.78, 5) is 12.2. The molecule has 1 unspecified atom stereocenters. The molecule has 5 heteroatoms. The largest absolute Gasteiger partial charge is 0.495 e. The van der Waals surface area contributed by atoms with E-state index < -0.39 is 5.54 Å². The lowest BCUT2D eigenvalue weighted by atomic mass is 9.98. The minimum atomic E-state index is -0.630. The molecule has 104 valence electrons. The van der Waals surface area contributed by atoms with Crippen LogP contribution in [0.3, 0.4) is 0 Å². The highest BCUT2D eigenvalue weighted by molar-refractivity contribution is 7.99. The van der Waals surface area contributed by atoms with E-state index >= 15 is 0 Å². The summed E-state index contributed by atoms with van der Waals surface area (Å²) in [6, 6.07) is 7.63. The summed E-state index contributed by atoms with van der Waals surface area (Å²) in [5, 5.41) is 3.34. The molecule has 1 aliphatic rings. The van der Waals surface area contributed by atoms with E-state index in [-0.39, 0.29) is 5.97 Å². The molecule has 1 saturated heterocycles. The van der Waals surface area contributed by atoms with Crippen LogP contribution in [0.4, 0.5) is 5.69 Å². The first-order chi connectivity index (χ1) is 9.22. The van der Waals surface area contributed by atoms with E-state index in [2.05, 4.69) is 5.32 Å². The van der Waals surface area contributed by atoms with Gasteiger partial charge in [0, 0.05) is 5.75 Å². The van der Waals surface area contributed by atoms with Crippen molar-refractivity contribution < 1.29 is 14.3 Å². The number of carbonyl (C=O) groups is 1. The van der Waals surface area contributed by atoms with Gasteiger partial charge in [-0.1, -0.05) is 12.1 Å². The smallest absolute Gasteiger partial charge is 0.332 e. The van der Waals surface area contributed by atoms with Gasteiger partial charge in [-0.25, -0.2) is 4.79 Å². The monoisotopic (exact) mass is 281 g/mol. The predicted octanol–water partition coefficient (Wildman–Crippen LogP) is 2.55. The van der Waals surface area contributed by atoms with Gasteiger partial charge in [-0.3, -0.25) is 0 Å². The molecule has 0 spiro atoms. The topological polar surface area (TPSA) is 47.6 Å². The van der Waals surface area contributed by atoms with Crippen molar-refractivity contribution in [2.45, 2.75) is 18.9 Å². The fourth-order valence-corrected chi connectivity index (χ4v) is 3.47. The van der Waals surface area contributed by atoms with Crippen molar-refractivity contribution in [2.75, 3.05) is 30.5 Å². The standard InChI is InChI=1S/C14H19NO3S/c1-3-18-13(16)14(8-9-19-10-14)15-11-6-4-5-7-12(11)17-2/h4-7,15H,3,8-10H2,1-2H3. The lowest BCUT2D eigenvalue weighted by molar-refractivity contribution is -0.147. The zero-order valence-corrected chi connectivity index (χ0v) is 12.1.